The standard InChI is InChI=1S/C17H13BrN2O2S/c18-14-10-13-8-9-20(17(13)19-11-14)23(21,22)16-7-3-5-12-4-1-2-6-15(12)16/h1-7,10-11H,8-9H2. The first-order valence-corrected chi connectivity index (χ1v) is 9.45. The summed E-state index contributed by atoms with van der Waals surface area (Å²) < 4.78 is 28.6. The van der Waals surface area contributed by atoms with Gasteiger partial charge in [-0.15, -0.1) is 0 Å². The average molecular weight is 389 g/mol. The third kappa shape index (κ3) is 2.33. The minimum absolute atomic E-state index is 0.327. The van der Waals surface area contributed by atoms with Crippen molar-refractivity contribution in [3.05, 3.63) is 64.8 Å². The Morgan fingerprint density at radius 2 is 1.87 bits per heavy atom. The number of pyridine rings is 1. The fraction of sp³-hybridized carbons (Fsp3) is 0.118. The van der Waals surface area contributed by atoms with Crippen LogP contribution in [0.5, 0.6) is 0 Å². The molecular formula is C17H13BrN2O2S. The summed E-state index contributed by atoms with van der Waals surface area (Å²) in [6.07, 6.45) is 2.31. The van der Waals surface area contributed by atoms with E-state index in [0.717, 1.165) is 20.8 Å². The first kappa shape index (κ1) is 14.7. The van der Waals surface area contributed by atoms with Crippen molar-refractivity contribution >= 4 is 42.5 Å². The maximum Gasteiger partial charge on any atom is 0.266 e. The Kier molecular flexibility index (Phi) is 3.39. The second kappa shape index (κ2) is 5.32. The number of rotatable bonds is 2. The molecule has 4 rings (SSSR count). The second-order valence-corrected chi connectivity index (χ2v) is 8.19. The third-order valence-electron chi connectivity index (χ3n) is 4.05. The van der Waals surface area contributed by atoms with Gasteiger partial charge in [0, 0.05) is 22.6 Å². The summed E-state index contributed by atoms with van der Waals surface area (Å²) in [5.74, 6) is 0.529. The van der Waals surface area contributed by atoms with Crippen molar-refractivity contribution in [2.75, 3.05) is 10.8 Å². The molecule has 4 nitrogen and oxygen atoms in total. The van der Waals surface area contributed by atoms with E-state index in [2.05, 4.69) is 20.9 Å². The number of anilines is 1. The molecule has 3 aromatic rings. The van der Waals surface area contributed by atoms with Crippen LogP contribution in [-0.4, -0.2) is 19.9 Å². The van der Waals surface area contributed by atoms with Crippen molar-refractivity contribution in [3.63, 3.8) is 0 Å². The summed E-state index contributed by atoms with van der Waals surface area (Å²) in [6.45, 7) is 0.421. The van der Waals surface area contributed by atoms with Gasteiger partial charge in [-0.1, -0.05) is 36.4 Å². The number of benzene rings is 2. The zero-order chi connectivity index (χ0) is 16.0. The van der Waals surface area contributed by atoms with Crippen LogP contribution in [0.2, 0.25) is 0 Å². The van der Waals surface area contributed by atoms with Gasteiger partial charge in [-0.05, 0) is 45.4 Å². The average Bonchev–Trinajstić information content (AvgIpc) is 2.98. The molecule has 0 fully saturated rings. The molecule has 0 atom stereocenters. The number of sulfonamides is 1. The topological polar surface area (TPSA) is 50.3 Å². The molecule has 0 unspecified atom stereocenters. The molecule has 2 heterocycles. The van der Waals surface area contributed by atoms with Gasteiger partial charge in [-0.3, -0.25) is 0 Å². The normalized spacial score (nSPS) is 14.2. The van der Waals surface area contributed by atoms with Crippen molar-refractivity contribution in [3.8, 4) is 0 Å². The van der Waals surface area contributed by atoms with Crippen molar-refractivity contribution in [1.82, 2.24) is 4.98 Å². The van der Waals surface area contributed by atoms with Crippen molar-refractivity contribution in [2.45, 2.75) is 11.3 Å². The highest BCUT2D eigenvalue weighted by Crippen LogP contribution is 2.34. The summed E-state index contributed by atoms with van der Waals surface area (Å²) in [6, 6.07) is 14.8. The molecule has 1 aromatic heterocycles. The smallest absolute Gasteiger partial charge is 0.249 e. The molecular weight excluding hydrogens is 376 g/mol. The maximum absolute atomic E-state index is 13.2. The van der Waals surface area contributed by atoms with E-state index >= 15 is 0 Å². The molecule has 0 bridgehead atoms. The largest absolute Gasteiger partial charge is 0.266 e. The number of hydrogen-bond acceptors (Lipinski definition) is 3. The molecule has 0 spiro atoms. The molecule has 0 saturated carbocycles. The summed E-state index contributed by atoms with van der Waals surface area (Å²) in [4.78, 5) is 4.64. The van der Waals surface area contributed by atoms with E-state index < -0.39 is 10.0 Å². The Hall–Kier alpha value is -1.92. The highest BCUT2D eigenvalue weighted by atomic mass is 79.9. The first-order valence-electron chi connectivity index (χ1n) is 7.22. The van der Waals surface area contributed by atoms with E-state index in [-0.39, 0.29) is 0 Å². The molecule has 0 saturated heterocycles. The molecule has 2 aromatic carbocycles. The number of fused-ring (bicyclic) bond motifs is 2. The first-order chi connectivity index (χ1) is 11.1. The van der Waals surface area contributed by atoms with Crippen molar-refractivity contribution in [2.24, 2.45) is 0 Å². The van der Waals surface area contributed by atoms with E-state index in [1.807, 2.05) is 36.4 Å². The summed E-state index contributed by atoms with van der Waals surface area (Å²) >= 11 is 3.38. The van der Waals surface area contributed by atoms with Gasteiger partial charge in [-0.2, -0.15) is 0 Å². The maximum atomic E-state index is 13.2. The number of hydrogen-bond donors (Lipinski definition) is 0. The van der Waals surface area contributed by atoms with Crippen LogP contribution in [0.1, 0.15) is 5.56 Å². The highest BCUT2D eigenvalue weighted by Gasteiger charge is 2.33. The zero-order valence-corrected chi connectivity index (χ0v) is 14.5. The molecule has 1 aliphatic rings. The number of aromatic nitrogens is 1. The van der Waals surface area contributed by atoms with Crippen LogP contribution in [-0.2, 0) is 16.4 Å². The summed E-state index contributed by atoms with van der Waals surface area (Å²) in [5, 5.41) is 1.65. The lowest BCUT2D eigenvalue weighted by Gasteiger charge is -2.19. The second-order valence-electron chi connectivity index (χ2n) is 5.44. The molecule has 116 valence electrons. The van der Waals surface area contributed by atoms with E-state index in [0.29, 0.717) is 23.7 Å². The quantitative estimate of drug-likeness (QED) is 0.671. The fourth-order valence-electron chi connectivity index (χ4n) is 2.98. The van der Waals surface area contributed by atoms with Crippen LogP contribution in [0.25, 0.3) is 10.8 Å². The predicted molar refractivity (Wildman–Crippen MR) is 94.1 cm³/mol. The molecule has 0 radical (unpaired) electrons. The molecule has 0 amide bonds. The van der Waals surface area contributed by atoms with Gasteiger partial charge in [0.15, 0.2) is 0 Å². The molecule has 6 heteroatoms. The molecule has 0 N–H and O–H groups in total. The van der Waals surface area contributed by atoms with Gasteiger partial charge < -0.3 is 0 Å². The molecule has 23 heavy (non-hydrogen) atoms. The Labute approximate surface area is 143 Å². The third-order valence-corrected chi connectivity index (χ3v) is 6.33. The van der Waals surface area contributed by atoms with Crippen LogP contribution in [0, 0.1) is 0 Å². The van der Waals surface area contributed by atoms with Crippen LogP contribution in [0.4, 0.5) is 5.82 Å². The fourth-order valence-corrected chi connectivity index (χ4v) is 5.04. The van der Waals surface area contributed by atoms with E-state index in [1.165, 1.54) is 4.31 Å². The summed E-state index contributed by atoms with van der Waals surface area (Å²) in [5.41, 5.74) is 0.947. The van der Waals surface area contributed by atoms with Crippen molar-refractivity contribution in [1.29, 1.82) is 0 Å². The van der Waals surface area contributed by atoms with Gasteiger partial charge >= 0.3 is 0 Å². The van der Waals surface area contributed by atoms with Crippen LogP contribution >= 0.6 is 15.9 Å². The van der Waals surface area contributed by atoms with E-state index in [1.54, 1.807) is 18.3 Å². The van der Waals surface area contributed by atoms with E-state index in [9.17, 15) is 8.42 Å². The van der Waals surface area contributed by atoms with Gasteiger partial charge in [-0.25, -0.2) is 17.7 Å². The van der Waals surface area contributed by atoms with Crippen molar-refractivity contribution < 1.29 is 8.42 Å². The Balaban J connectivity index is 1.89. The zero-order valence-electron chi connectivity index (χ0n) is 12.1. The van der Waals surface area contributed by atoms with Gasteiger partial charge in [0.05, 0.1) is 4.90 Å². The molecule has 1 aliphatic heterocycles. The number of halogens is 1. The highest BCUT2D eigenvalue weighted by molar-refractivity contribution is 9.10. The SMILES string of the molecule is O=S(=O)(c1cccc2ccccc12)N1CCc2cc(Br)cnc21. The minimum atomic E-state index is -3.64. The van der Waals surface area contributed by atoms with Gasteiger partial charge in [0.25, 0.3) is 10.0 Å². The van der Waals surface area contributed by atoms with Gasteiger partial charge in [0.2, 0.25) is 0 Å². The minimum Gasteiger partial charge on any atom is -0.249 e. The lowest BCUT2D eigenvalue weighted by atomic mass is 10.1. The lowest BCUT2D eigenvalue weighted by Crippen LogP contribution is -2.29. The lowest BCUT2D eigenvalue weighted by molar-refractivity contribution is 0.593. The Bertz CT molecular complexity index is 1010. The molecule has 0 aliphatic carbocycles. The van der Waals surface area contributed by atoms with E-state index in [4.69, 9.17) is 0 Å². The Morgan fingerprint density at radius 1 is 1.09 bits per heavy atom. The van der Waals surface area contributed by atoms with Crippen LogP contribution < -0.4 is 4.31 Å². The van der Waals surface area contributed by atoms with Gasteiger partial charge in [0.1, 0.15) is 5.82 Å². The van der Waals surface area contributed by atoms with Crippen LogP contribution in [0.15, 0.2) is 64.1 Å². The Morgan fingerprint density at radius 3 is 2.74 bits per heavy atom. The summed E-state index contributed by atoms with van der Waals surface area (Å²) in [7, 11) is -3.64. The number of nitrogens with zero attached hydrogens (tertiary/aromatic N) is 2. The monoisotopic (exact) mass is 388 g/mol. The van der Waals surface area contributed by atoms with Crippen LogP contribution in [0.3, 0.4) is 0 Å². The predicted octanol–water partition coefficient (Wildman–Crippen LogP) is 3.75.